The molecule has 5 nitrogen and oxygen atoms in total. The second kappa shape index (κ2) is 9.71. The van der Waals surface area contributed by atoms with Crippen molar-refractivity contribution in [1.29, 1.82) is 0 Å². The van der Waals surface area contributed by atoms with Crippen molar-refractivity contribution >= 4 is 39.2 Å². The normalized spacial score (nSPS) is 10.2. The third-order valence-electron chi connectivity index (χ3n) is 4.06. The molecule has 0 aromatic heterocycles. The molecule has 0 atom stereocenters. The van der Waals surface area contributed by atoms with Gasteiger partial charge in [-0.2, -0.15) is 0 Å². The maximum absolute atomic E-state index is 12.3. The first-order chi connectivity index (χ1) is 13.6. The van der Waals surface area contributed by atoms with Crippen LogP contribution in [0.15, 0.2) is 83.3 Å². The van der Waals surface area contributed by atoms with Crippen LogP contribution in [0.2, 0.25) is 0 Å². The van der Waals surface area contributed by atoms with Gasteiger partial charge in [0.25, 0.3) is 0 Å². The lowest BCUT2D eigenvalue weighted by Gasteiger charge is -2.12. The number of urea groups is 1. The van der Waals surface area contributed by atoms with Crippen LogP contribution in [0.1, 0.15) is 11.1 Å². The van der Waals surface area contributed by atoms with Gasteiger partial charge in [-0.1, -0.05) is 60.7 Å². The van der Waals surface area contributed by atoms with Crippen molar-refractivity contribution in [1.82, 2.24) is 5.32 Å². The third kappa shape index (κ3) is 5.69. The zero-order valence-corrected chi connectivity index (χ0v) is 16.7. The second-order valence-corrected chi connectivity index (χ2v) is 7.01. The highest BCUT2D eigenvalue weighted by Gasteiger charge is 2.10. The molecule has 0 aliphatic rings. The van der Waals surface area contributed by atoms with Crippen LogP contribution in [0, 0.1) is 0 Å². The van der Waals surface area contributed by atoms with Gasteiger partial charge in [-0.25, -0.2) is 4.79 Å². The highest BCUT2D eigenvalue weighted by Crippen LogP contribution is 2.21. The maximum atomic E-state index is 12.3. The van der Waals surface area contributed by atoms with E-state index in [4.69, 9.17) is 0 Å². The van der Waals surface area contributed by atoms with E-state index in [0.717, 1.165) is 21.3 Å². The SMILES string of the molecule is O=C(CNC(=O)Nc1ccccc1Br)Nc1ccccc1Cc1ccccc1. The van der Waals surface area contributed by atoms with E-state index < -0.39 is 6.03 Å². The molecule has 3 aromatic carbocycles. The van der Waals surface area contributed by atoms with Gasteiger partial charge in [-0.15, -0.1) is 0 Å². The van der Waals surface area contributed by atoms with Gasteiger partial charge in [0.15, 0.2) is 0 Å². The minimum absolute atomic E-state index is 0.129. The first kappa shape index (κ1) is 19.6. The number of hydrogen-bond donors (Lipinski definition) is 3. The van der Waals surface area contributed by atoms with Crippen molar-refractivity contribution in [3.05, 3.63) is 94.5 Å². The molecule has 0 spiro atoms. The Morgan fingerprint density at radius 3 is 2.14 bits per heavy atom. The number of halogens is 1. The Hall–Kier alpha value is -3.12. The van der Waals surface area contributed by atoms with Crippen LogP contribution >= 0.6 is 15.9 Å². The van der Waals surface area contributed by atoms with Crippen LogP contribution in [0.5, 0.6) is 0 Å². The van der Waals surface area contributed by atoms with Gasteiger partial charge in [0.1, 0.15) is 0 Å². The first-order valence-corrected chi connectivity index (χ1v) is 9.62. The van der Waals surface area contributed by atoms with Crippen LogP contribution in [-0.2, 0) is 11.2 Å². The number of para-hydroxylation sites is 2. The number of hydrogen-bond acceptors (Lipinski definition) is 2. The quantitative estimate of drug-likeness (QED) is 0.518. The summed E-state index contributed by atoms with van der Waals surface area (Å²) in [7, 11) is 0. The molecule has 0 bridgehead atoms. The zero-order valence-electron chi connectivity index (χ0n) is 15.1. The second-order valence-electron chi connectivity index (χ2n) is 6.16. The topological polar surface area (TPSA) is 70.2 Å². The van der Waals surface area contributed by atoms with E-state index in [0.29, 0.717) is 12.1 Å². The first-order valence-electron chi connectivity index (χ1n) is 8.83. The smallest absolute Gasteiger partial charge is 0.319 e. The molecule has 28 heavy (non-hydrogen) atoms. The molecule has 0 saturated heterocycles. The Kier molecular flexibility index (Phi) is 6.81. The Morgan fingerprint density at radius 2 is 1.39 bits per heavy atom. The molecular formula is C22H20BrN3O2. The van der Waals surface area contributed by atoms with Crippen LogP contribution < -0.4 is 16.0 Å². The lowest BCUT2D eigenvalue weighted by Crippen LogP contribution is -2.36. The lowest BCUT2D eigenvalue weighted by atomic mass is 10.0. The molecule has 142 valence electrons. The van der Waals surface area contributed by atoms with E-state index in [9.17, 15) is 9.59 Å². The fraction of sp³-hybridized carbons (Fsp3) is 0.0909. The minimum atomic E-state index is -0.445. The molecule has 3 rings (SSSR count). The summed E-state index contributed by atoms with van der Waals surface area (Å²) in [6, 6.07) is 24.5. The predicted octanol–water partition coefficient (Wildman–Crippen LogP) is 4.80. The van der Waals surface area contributed by atoms with Gasteiger partial charge >= 0.3 is 6.03 Å². The molecule has 0 saturated carbocycles. The summed E-state index contributed by atoms with van der Waals surface area (Å²) in [6.45, 7) is -0.129. The van der Waals surface area contributed by atoms with E-state index in [1.54, 1.807) is 6.07 Å². The summed E-state index contributed by atoms with van der Waals surface area (Å²) in [5, 5.41) is 8.13. The van der Waals surface area contributed by atoms with E-state index >= 15 is 0 Å². The van der Waals surface area contributed by atoms with Crippen molar-refractivity contribution in [3.8, 4) is 0 Å². The monoisotopic (exact) mass is 437 g/mol. The molecule has 0 fully saturated rings. The summed E-state index contributed by atoms with van der Waals surface area (Å²) in [4.78, 5) is 24.3. The van der Waals surface area contributed by atoms with Gasteiger partial charge in [-0.05, 0) is 51.7 Å². The average molecular weight is 438 g/mol. The summed E-state index contributed by atoms with van der Waals surface area (Å²) >= 11 is 3.36. The number of anilines is 2. The fourth-order valence-electron chi connectivity index (χ4n) is 2.70. The van der Waals surface area contributed by atoms with Crippen LogP contribution in [-0.4, -0.2) is 18.5 Å². The minimum Gasteiger partial charge on any atom is -0.329 e. The number of carbonyl (C=O) groups is 2. The Balaban J connectivity index is 1.55. The van der Waals surface area contributed by atoms with E-state index in [2.05, 4.69) is 31.9 Å². The summed E-state index contributed by atoms with van der Waals surface area (Å²) in [5.74, 6) is -0.289. The average Bonchev–Trinajstić information content (AvgIpc) is 2.70. The molecule has 0 aliphatic carbocycles. The highest BCUT2D eigenvalue weighted by molar-refractivity contribution is 9.10. The van der Waals surface area contributed by atoms with Gasteiger partial charge in [-0.3, -0.25) is 4.79 Å². The predicted molar refractivity (Wildman–Crippen MR) is 115 cm³/mol. The van der Waals surface area contributed by atoms with Crippen molar-refractivity contribution in [2.75, 3.05) is 17.2 Å². The summed E-state index contributed by atoms with van der Waals surface area (Å²) < 4.78 is 0.768. The summed E-state index contributed by atoms with van der Waals surface area (Å²) in [5.41, 5.74) is 3.55. The van der Waals surface area contributed by atoms with Crippen molar-refractivity contribution in [2.24, 2.45) is 0 Å². The van der Waals surface area contributed by atoms with Gasteiger partial charge in [0.05, 0.1) is 12.2 Å². The van der Waals surface area contributed by atoms with Gasteiger partial charge in [0, 0.05) is 10.2 Å². The molecule has 0 radical (unpaired) electrons. The number of carbonyl (C=O) groups excluding carboxylic acids is 2. The number of nitrogens with one attached hydrogen (secondary N) is 3. The fourth-order valence-corrected chi connectivity index (χ4v) is 3.08. The van der Waals surface area contributed by atoms with Crippen LogP contribution in [0.25, 0.3) is 0 Å². The molecule has 0 heterocycles. The van der Waals surface area contributed by atoms with Crippen LogP contribution in [0.3, 0.4) is 0 Å². The molecule has 0 unspecified atom stereocenters. The van der Waals surface area contributed by atoms with Crippen molar-refractivity contribution in [3.63, 3.8) is 0 Å². The van der Waals surface area contributed by atoms with Gasteiger partial charge in [0.2, 0.25) is 5.91 Å². The Bertz CT molecular complexity index is 961. The van der Waals surface area contributed by atoms with Crippen molar-refractivity contribution < 1.29 is 9.59 Å². The zero-order chi connectivity index (χ0) is 19.8. The number of benzene rings is 3. The lowest BCUT2D eigenvalue weighted by molar-refractivity contribution is -0.115. The largest absolute Gasteiger partial charge is 0.329 e. The van der Waals surface area contributed by atoms with E-state index in [-0.39, 0.29) is 12.5 Å². The molecule has 3 N–H and O–H groups in total. The van der Waals surface area contributed by atoms with Crippen molar-refractivity contribution in [2.45, 2.75) is 6.42 Å². The molecule has 6 heteroatoms. The van der Waals surface area contributed by atoms with E-state index in [1.807, 2.05) is 72.8 Å². The maximum Gasteiger partial charge on any atom is 0.319 e. The highest BCUT2D eigenvalue weighted by atomic mass is 79.9. The summed E-state index contributed by atoms with van der Waals surface area (Å²) in [6.07, 6.45) is 0.716. The molecule has 3 aromatic rings. The van der Waals surface area contributed by atoms with Crippen LogP contribution in [0.4, 0.5) is 16.2 Å². The molecular weight excluding hydrogens is 418 g/mol. The van der Waals surface area contributed by atoms with E-state index in [1.165, 1.54) is 0 Å². The number of amides is 3. The molecule has 3 amide bonds. The Morgan fingerprint density at radius 1 is 0.750 bits per heavy atom. The van der Waals surface area contributed by atoms with Gasteiger partial charge < -0.3 is 16.0 Å². The Labute approximate surface area is 172 Å². The third-order valence-corrected chi connectivity index (χ3v) is 4.75. The number of rotatable bonds is 6. The standard InChI is InChI=1S/C22H20BrN3O2/c23-18-11-5-7-13-20(18)26-22(28)24-15-21(27)25-19-12-6-4-10-17(19)14-16-8-2-1-3-9-16/h1-13H,14-15H2,(H,25,27)(H2,24,26,28). The molecule has 0 aliphatic heterocycles.